The molecule has 2 N–H and O–H groups in total. The molecule has 1 atom stereocenters. The normalized spacial score (nSPS) is 17.5. The first kappa shape index (κ1) is 16.0. The summed E-state index contributed by atoms with van der Waals surface area (Å²) in [5.74, 6) is 0.767. The molecule has 0 bridgehead atoms. The second-order valence-corrected chi connectivity index (χ2v) is 6.19. The van der Waals surface area contributed by atoms with Gasteiger partial charge in [0.05, 0.1) is 18.7 Å². The number of ether oxygens (including phenoxy) is 1. The summed E-state index contributed by atoms with van der Waals surface area (Å²) in [6.07, 6.45) is -3.53. The number of alkyl halides is 3. The Morgan fingerprint density at radius 2 is 1.96 bits per heavy atom. The third-order valence-corrected chi connectivity index (χ3v) is 4.71. The number of rotatable bonds is 2. The smallest absolute Gasteiger partial charge is 0.416 e. The lowest BCUT2D eigenvalue weighted by Gasteiger charge is -2.25. The topological polar surface area (TPSA) is 37.0 Å². The van der Waals surface area contributed by atoms with Crippen LogP contribution in [0.1, 0.15) is 28.4 Å². The molecule has 1 unspecified atom stereocenters. The monoisotopic (exact) mass is 346 g/mol. The number of hydrogen-bond acceptors (Lipinski definition) is 2. The molecule has 0 amide bonds. The molecule has 1 aromatic heterocycles. The molecular formula is C19H17F3N2O. The molecular weight excluding hydrogens is 329 g/mol. The van der Waals surface area contributed by atoms with Gasteiger partial charge in [0.1, 0.15) is 5.75 Å². The lowest BCUT2D eigenvalue weighted by Crippen LogP contribution is -2.30. The molecule has 3 aromatic rings. The van der Waals surface area contributed by atoms with Gasteiger partial charge in [-0.25, -0.2) is 0 Å². The highest BCUT2D eigenvalue weighted by Crippen LogP contribution is 2.37. The lowest BCUT2D eigenvalue weighted by atomic mass is 9.93. The second-order valence-electron chi connectivity index (χ2n) is 6.19. The van der Waals surface area contributed by atoms with Crippen LogP contribution in [-0.4, -0.2) is 18.6 Å². The molecule has 0 saturated heterocycles. The predicted octanol–water partition coefficient (Wildman–Crippen LogP) is 4.43. The Bertz CT molecular complexity index is 930. The maximum Gasteiger partial charge on any atom is 0.416 e. The van der Waals surface area contributed by atoms with Crippen molar-refractivity contribution in [2.45, 2.75) is 18.6 Å². The van der Waals surface area contributed by atoms with E-state index in [9.17, 15) is 13.2 Å². The van der Waals surface area contributed by atoms with Gasteiger partial charge in [-0.1, -0.05) is 12.1 Å². The Balaban J connectivity index is 1.82. The van der Waals surface area contributed by atoms with Crippen LogP contribution in [0.3, 0.4) is 0 Å². The van der Waals surface area contributed by atoms with Gasteiger partial charge in [-0.3, -0.25) is 0 Å². The summed E-state index contributed by atoms with van der Waals surface area (Å²) in [6.45, 7) is 0.706. The van der Waals surface area contributed by atoms with Gasteiger partial charge in [-0.15, -0.1) is 0 Å². The molecule has 3 nitrogen and oxygen atoms in total. The maximum absolute atomic E-state index is 13.0. The molecule has 4 rings (SSSR count). The first-order valence-electron chi connectivity index (χ1n) is 8.06. The van der Waals surface area contributed by atoms with E-state index in [1.165, 1.54) is 12.1 Å². The van der Waals surface area contributed by atoms with Crippen LogP contribution in [-0.2, 0) is 12.6 Å². The van der Waals surface area contributed by atoms with Crippen LogP contribution in [0.2, 0.25) is 0 Å². The Kier molecular flexibility index (Phi) is 3.72. The lowest BCUT2D eigenvalue weighted by molar-refractivity contribution is -0.137. The van der Waals surface area contributed by atoms with Crippen molar-refractivity contribution in [3.63, 3.8) is 0 Å². The fourth-order valence-electron chi connectivity index (χ4n) is 3.51. The van der Waals surface area contributed by atoms with Crippen LogP contribution < -0.4 is 10.1 Å². The number of aromatic nitrogens is 1. The summed E-state index contributed by atoms with van der Waals surface area (Å²) in [7, 11) is 1.62. The van der Waals surface area contributed by atoms with Gasteiger partial charge in [0.2, 0.25) is 0 Å². The van der Waals surface area contributed by atoms with Gasteiger partial charge in [-0.05, 0) is 47.9 Å². The van der Waals surface area contributed by atoms with E-state index in [2.05, 4.69) is 10.3 Å². The van der Waals surface area contributed by atoms with E-state index < -0.39 is 11.7 Å². The molecule has 130 valence electrons. The summed E-state index contributed by atoms with van der Waals surface area (Å²) < 4.78 is 44.4. The van der Waals surface area contributed by atoms with E-state index in [4.69, 9.17) is 4.74 Å². The molecule has 0 spiro atoms. The second kappa shape index (κ2) is 5.81. The Morgan fingerprint density at radius 3 is 2.72 bits per heavy atom. The van der Waals surface area contributed by atoms with Crippen molar-refractivity contribution in [2.75, 3.05) is 13.7 Å². The number of halogens is 3. The first-order valence-corrected chi connectivity index (χ1v) is 8.06. The Labute approximate surface area is 142 Å². The SMILES string of the molecule is COc1ccc2[nH]c3c(c2c1)CCNC3c1cccc(C(F)(F)F)c1. The summed E-state index contributed by atoms with van der Waals surface area (Å²) in [6, 6.07) is 11.0. The summed E-state index contributed by atoms with van der Waals surface area (Å²) in [5, 5.41) is 4.39. The van der Waals surface area contributed by atoms with Crippen molar-refractivity contribution in [1.82, 2.24) is 10.3 Å². The number of nitrogens with one attached hydrogen (secondary N) is 2. The number of fused-ring (bicyclic) bond motifs is 3. The van der Waals surface area contributed by atoms with Crippen LogP contribution in [0.4, 0.5) is 13.2 Å². The van der Waals surface area contributed by atoms with Gasteiger partial charge >= 0.3 is 6.18 Å². The minimum atomic E-state index is -4.35. The summed E-state index contributed by atoms with van der Waals surface area (Å²) >= 11 is 0. The molecule has 0 saturated carbocycles. The number of benzene rings is 2. The van der Waals surface area contributed by atoms with Crippen LogP contribution in [0.5, 0.6) is 5.75 Å². The zero-order chi connectivity index (χ0) is 17.6. The average molecular weight is 346 g/mol. The fourth-order valence-corrected chi connectivity index (χ4v) is 3.51. The molecule has 2 heterocycles. The van der Waals surface area contributed by atoms with E-state index in [0.717, 1.165) is 40.4 Å². The molecule has 1 aliphatic heterocycles. The van der Waals surface area contributed by atoms with Gasteiger partial charge < -0.3 is 15.0 Å². The maximum atomic E-state index is 13.0. The quantitative estimate of drug-likeness (QED) is 0.720. The van der Waals surface area contributed by atoms with Crippen LogP contribution in [0.25, 0.3) is 10.9 Å². The Morgan fingerprint density at radius 1 is 1.12 bits per heavy atom. The highest BCUT2D eigenvalue weighted by atomic mass is 19.4. The zero-order valence-corrected chi connectivity index (χ0v) is 13.6. The molecule has 0 aliphatic carbocycles. The highest BCUT2D eigenvalue weighted by molar-refractivity contribution is 5.86. The van der Waals surface area contributed by atoms with Gasteiger partial charge in [-0.2, -0.15) is 13.2 Å². The van der Waals surface area contributed by atoms with Crippen LogP contribution in [0, 0.1) is 0 Å². The number of aromatic amines is 1. The highest BCUT2D eigenvalue weighted by Gasteiger charge is 2.32. The molecule has 0 fully saturated rings. The third-order valence-electron chi connectivity index (χ3n) is 4.71. The van der Waals surface area contributed by atoms with E-state index in [0.29, 0.717) is 12.1 Å². The van der Waals surface area contributed by atoms with Crippen molar-refractivity contribution in [2.24, 2.45) is 0 Å². The summed E-state index contributed by atoms with van der Waals surface area (Å²) in [4.78, 5) is 3.37. The molecule has 0 radical (unpaired) electrons. The molecule has 2 aromatic carbocycles. The van der Waals surface area contributed by atoms with Crippen molar-refractivity contribution in [3.05, 3.63) is 64.8 Å². The number of hydrogen-bond donors (Lipinski definition) is 2. The van der Waals surface area contributed by atoms with Gasteiger partial charge in [0.25, 0.3) is 0 Å². The van der Waals surface area contributed by atoms with Crippen LogP contribution in [0.15, 0.2) is 42.5 Å². The minimum absolute atomic E-state index is 0.288. The van der Waals surface area contributed by atoms with Gasteiger partial charge in [0.15, 0.2) is 0 Å². The number of methoxy groups -OCH3 is 1. The standard InChI is InChI=1S/C19H17F3N2O/c1-25-13-5-6-16-15(10-13)14-7-8-23-17(18(14)24-16)11-3-2-4-12(9-11)19(20,21)22/h2-6,9-10,17,23-24H,7-8H2,1H3. The van der Waals surface area contributed by atoms with Crippen molar-refractivity contribution >= 4 is 10.9 Å². The van der Waals surface area contributed by atoms with E-state index in [1.54, 1.807) is 13.2 Å². The van der Waals surface area contributed by atoms with E-state index >= 15 is 0 Å². The zero-order valence-electron chi connectivity index (χ0n) is 13.6. The predicted molar refractivity (Wildman–Crippen MR) is 89.8 cm³/mol. The van der Waals surface area contributed by atoms with Gasteiger partial charge in [0, 0.05) is 23.1 Å². The summed E-state index contributed by atoms with van der Waals surface area (Å²) in [5.41, 5.74) is 3.00. The minimum Gasteiger partial charge on any atom is -0.497 e. The molecule has 1 aliphatic rings. The third kappa shape index (κ3) is 2.76. The largest absolute Gasteiger partial charge is 0.497 e. The number of H-pyrrole nitrogens is 1. The Hall–Kier alpha value is -2.47. The van der Waals surface area contributed by atoms with Crippen molar-refractivity contribution in [1.29, 1.82) is 0 Å². The first-order chi connectivity index (χ1) is 12.0. The van der Waals surface area contributed by atoms with Crippen LogP contribution >= 0.6 is 0 Å². The van der Waals surface area contributed by atoms with Crippen molar-refractivity contribution < 1.29 is 17.9 Å². The molecule has 6 heteroatoms. The molecule has 25 heavy (non-hydrogen) atoms. The van der Waals surface area contributed by atoms with Crippen molar-refractivity contribution in [3.8, 4) is 5.75 Å². The average Bonchev–Trinajstić information content (AvgIpc) is 2.99. The van der Waals surface area contributed by atoms with E-state index in [-0.39, 0.29) is 6.04 Å². The fraction of sp³-hybridized carbons (Fsp3) is 0.263. The van der Waals surface area contributed by atoms with E-state index in [1.807, 2.05) is 18.2 Å².